The molecule has 2 aromatic rings. The molecule has 1 fully saturated rings. The van der Waals surface area contributed by atoms with Crippen molar-refractivity contribution in [2.75, 3.05) is 52.0 Å². The minimum Gasteiger partial charge on any atom is -0.490 e. The number of aryl methyl sites for hydroxylation is 1. The van der Waals surface area contributed by atoms with Crippen molar-refractivity contribution in [2.45, 2.75) is 82.0 Å². The number of aliphatic hydroxyl groups is 1. The first-order chi connectivity index (χ1) is 22.2. The van der Waals surface area contributed by atoms with Crippen LogP contribution in [0.5, 0.6) is 5.75 Å². The Hall–Kier alpha value is -2.17. The smallest absolute Gasteiger partial charge is 0.263 e. The summed E-state index contributed by atoms with van der Waals surface area (Å²) >= 11 is 6.39. The van der Waals surface area contributed by atoms with Crippen LogP contribution in [-0.4, -0.2) is 73.7 Å². The van der Waals surface area contributed by atoms with Gasteiger partial charge in [0.15, 0.2) is 0 Å². The Morgan fingerprint density at radius 3 is 2.57 bits per heavy atom. The summed E-state index contributed by atoms with van der Waals surface area (Å²) in [7, 11) is 1.81. The summed E-state index contributed by atoms with van der Waals surface area (Å²) in [5, 5.41) is 11.8. The van der Waals surface area contributed by atoms with Crippen LogP contribution >= 0.6 is 11.6 Å². The molecule has 6 rings (SSSR count). The van der Waals surface area contributed by atoms with Gasteiger partial charge in [0.05, 0.1) is 36.9 Å². The lowest BCUT2D eigenvalue weighted by Gasteiger charge is -2.46. The zero-order valence-corrected chi connectivity index (χ0v) is 29.3. The minimum absolute atomic E-state index is 0.175. The number of rotatable bonds is 3. The zero-order chi connectivity index (χ0) is 32.8. The molecule has 2 aliphatic carbocycles. The molecular weight excluding hydrogens is 624 g/mol. The molecular formula is C36H51ClN2O6S. The monoisotopic (exact) mass is 674 g/mol. The van der Waals surface area contributed by atoms with Crippen molar-refractivity contribution >= 4 is 34.2 Å². The maximum Gasteiger partial charge on any atom is 0.263 e. The lowest BCUT2D eigenvalue weighted by Crippen LogP contribution is -2.49. The molecule has 2 aromatic carbocycles. The van der Waals surface area contributed by atoms with Crippen LogP contribution in [0.1, 0.15) is 80.3 Å². The topological polar surface area (TPSA) is 97.3 Å². The Balaban J connectivity index is 0.000000635. The van der Waals surface area contributed by atoms with Gasteiger partial charge in [-0.05, 0) is 111 Å². The largest absolute Gasteiger partial charge is 0.490 e. The van der Waals surface area contributed by atoms with Crippen LogP contribution in [0, 0.1) is 17.8 Å². The van der Waals surface area contributed by atoms with Crippen LogP contribution in [0.2, 0.25) is 5.02 Å². The van der Waals surface area contributed by atoms with Gasteiger partial charge in [-0.15, -0.1) is 0 Å². The number of nitrogens with one attached hydrogen (secondary N) is 1. The van der Waals surface area contributed by atoms with Gasteiger partial charge >= 0.3 is 0 Å². The van der Waals surface area contributed by atoms with Crippen molar-refractivity contribution in [2.24, 2.45) is 17.8 Å². The number of hydrogen-bond donors (Lipinski definition) is 2. The summed E-state index contributed by atoms with van der Waals surface area (Å²) in [5.74, 6) is 1.30. The first kappa shape index (κ1) is 35.1. The average molecular weight is 675 g/mol. The lowest BCUT2D eigenvalue weighted by molar-refractivity contribution is 0.00857. The van der Waals surface area contributed by atoms with Gasteiger partial charge in [-0.1, -0.05) is 31.0 Å². The summed E-state index contributed by atoms with van der Waals surface area (Å²) in [6.45, 7) is 7.55. The fourth-order valence-electron chi connectivity index (χ4n) is 7.59. The second kappa shape index (κ2) is 15.8. The molecule has 7 atom stereocenters. The molecule has 10 heteroatoms. The second-order valence-corrected chi connectivity index (χ2v) is 15.7. The number of amides is 1. The van der Waals surface area contributed by atoms with Crippen LogP contribution in [0.3, 0.4) is 0 Å². The zero-order valence-electron chi connectivity index (χ0n) is 27.8. The van der Waals surface area contributed by atoms with Crippen molar-refractivity contribution in [1.29, 1.82) is 0 Å². The fraction of sp³-hybridized carbons (Fsp3) is 0.639. The number of methoxy groups -OCH3 is 2. The van der Waals surface area contributed by atoms with E-state index in [1.165, 1.54) is 11.1 Å². The SMILES string of the molecule is CC1CCCC(O)C2CCC2CN2C[C@@]3(CCCc4cc(Cl)ccc43)COc3ccc(cc32)C(=O)NS(=O)C1C.COCCOC. The number of hydrogen-bond acceptors (Lipinski definition) is 7. The molecule has 0 saturated heterocycles. The Morgan fingerprint density at radius 1 is 1.07 bits per heavy atom. The lowest BCUT2D eigenvalue weighted by atomic mass is 9.68. The third-order valence-corrected chi connectivity index (χ3v) is 12.5. The number of anilines is 1. The molecule has 2 N–H and O–H groups in total. The van der Waals surface area contributed by atoms with E-state index in [2.05, 4.69) is 38.2 Å². The number of nitrogens with zero attached hydrogens (tertiary/aromatic N) is 1. The summed E-state index contributed by atoms with van der Waals surface area (Å²) in [4.78, 5) is 15.7. The van der Waals surface area contributed by atoms with E-state index in [-0.39, 0.29) is 34.5 Å². The van der Waals surface area contributed by atoms with Crippen molar-refractivity contribution in [1.82, 2.24) is 4.72 Å². The first-order valence-corrected chi connectivity index (χ1v) is 18.4. The van der Waals surface area contributed by atoms with E-state index < -0.39 is 11.0 Å². The van der Waals surface area contributed by atoms with Crippen LogP contribution in [0.25, 0.3) is 0 Å². The number of ether oxygens (including phenoxy) is 3. The van der Waals surface area contributed by atoms with Gasteiger partial charge in [-0.25, -0.2) is 4.21 Å². The van der Waals surface area contributed by atoms with Gasteiger partial charge in [-0.3, -0.25) is 9.52 Å². The summed E-state index contributed by atoms with van der Waals surface area (Å²) in [6, 6.07) is 11.9. The number of halogens is 1. The maximum atomic E-state index is 13.3. The summed E-state index contributed by atoms with van der Waals surface area (Å²) < 4.78 is 31.7. The molecule has 46 heavy (non-hydrogen) atoms. The standard InChI is InChI=1S/C32H41ClN2O4S.C4H10O2/c1-20-5-3-7-29(36)26-11-8-24(26)17-35-18-32(14-4-6-22-15-25(33)10-12-27(22)32)19-39-30-13-9-23(16-28(30)35)31(37)34-40(38)21(20)2;1-5-3-4-6-2/h9-10,12-13,15-16,20-21,24,26,29,36H,3-8,11,14,17-19H2,1-2H3,(H,34,37);3-4H2,1-2H3/t20?,21?,24?,26?,29?,32-,40?;/m0./s1. The molecule has 6 unspecified atom stereocenters. The normalized spacial score (nSPS) is 31.2. The molecule has 2 aliphatic heterocycles. The van der Waals surface area contributed by atoms with E-state index in [1.54, 1.807) is 20.3 Å². The number of benzene rings is 2. The Kier molecular flexibility index (Phi) is 12.1. The van der Waals surface area contributed by atoms with E-state index >= 15 is 0 Å². The number of aliphatic hydroxyl groups excluding tert-OH is 1. The molecule has 254 valence electrons. The summed E-state index contributed by atoms with van der Waals surface area (Å²) in [5.41, 5.74) is 3.82. The van der Waals surface area contributed by atoms with Crippen molar-refractivity contribution < 1.29 is 28.3 Å². The maximum absolute atomic E-state index is 13.3. The molecule has 0 radical (unpaired) electrons. The molecule has 4 aliphatic rings. The average Bonchev–Trinajstić information content (AvgIpc) is 3.18. The van der Waals surface area contributed by atoms with Crippen molar-refractivity contribution in [3.8, 4) is 5.75 Å². The van der Waals surface area contributed by atoms with Gasteiger partial charge in [-0.2, -0.15) is 0 Å². The van der Waals surface area contributed by atoms with Gasteiger partial charge in [0.2, 0.25) is 0 Å². The second-order valence-electron chi connectivity index (χ2n) is 13.7. The highest BCUT2D eigenvalue weighted by atomic mass is 35.5. The van der Waals surface area contributed by atoms with E-state index in [4.69, 9.17) is 16.3 Å². The predicted molar refractivity (Wildman–Crippen MR) is 184 cm³/mol. The number of carbonyl (C=O) groups is 1. The number of carbonyl (C=O) groups excluding carboxylic acids is 1. The van der Waals surface area contributed by atoms with E-state index in [0.717, 1.165) is 80.9 Å². The van der Waals surface area contributed by atoms with Crippen molar-refractivity contribution in [3.05, 3.63) is 58.1 Å². The molecule has 8 nitrogen and oxygen atoms in total. The number of fused-ring (bicyclic) bond motifs is 4. The minimum atomic E-state index is -1.50. The molecule has 1 saturated carbocycles. The van der Waals surface area contributed by atoms with E-state index in [1.807, 2.05) is 25.1 Å². The fourth-order valence-corrected chi connectivity index (χ4v) is 8.82. The Morgan fingerprint density at radius 2 is 1.85 bits per heavy atom. The van der Waals surface area contributed by atoms with Crippen LogP contribution < -0.4 is 14.4 Å². The highest BCUT2D eigenvalue weighted by Gasteiger charge is 2.44. The predicted octanol–water partition coefficient (Wildman–Crippen LogP) is 6.08. The van der Waals surface area contributed by atoms with E-state index in [9.17, 15) is 14.1 Å². The molecule has 1 amide bonds. The van der Waals surface area contributed by atoms with E-state index in [0.29, 0.717) is 31.3 Å². The highest BCUT2D eigenvalue weighted by molar-refractivity contribution is 7.84. The van der Waals surface area contributed by atoms with Gasteiger partial charge < -0.3 is 24.2 Å². The molecule has 0 aromatic heterocycles. The van der Waals surface area contributed by atoms with Gasteiger partial charge in [0.25, 0.3) is 5.91 Å². The van der Waals surface area contributed by atoms with Crippen LogP contribution in [0.15, 0.2) is 36.4 Å². The third kappa shape index (κ3) is 7.92. The Bertz CT molecular complexity index is 1370. The van der Waals surface area contributed by atoms with Crippen LogP contribution in [0.4, 0.5) is 5.69 Å². The molecule has 2 heterocycles. The van der Waals surface area contributed by atoms with Gasteiger partial charge in [0.1, 0.15) is 16.7 Å². The van der Waals surface area contributed by atoms with Crippen LogP contribution in [-0.2, 0) is 32.3 Å². The van der Waals surface area contributed by atoms with Crippen molar-refractivity contribution in [3.63, 3.8) is 0 Å². The highest BCUT2D eigenvalue weighted by Crippen LogP contribution is 2.47. The summed E-state index contributed by atoms with van der Waals surface area (Å²) in [6.07, 6.45) is 7.47. The molecule has 2 bridgehead atoms. The molecule has 1 spiro atoms. The quantitative estimate of drug-likeness (QED) is 0.381. The first-order valence-electron chi connectivity index (χ1n) is 16.8. The third-order valence-electron chi connectivity index (χ3n) is 10.7. The van der Waals surface area contributed by atoms with Gasteiger partial charge in [0, 0.05) is 43.3 Å². The Labute approximate surface area is 282 Å².